The summed E-state index contributed by atoms with van der Waals surface area (Å²) in [6, 6.07) is 7.51. The van der Waals surface area contributed by atoms with Crippen LogP contribution >= 0.6 is 0 Å². The van der Waals surface area contributed by atoms with Crippen molar-refractivity contribution in [3.8, 4) is 11.3 Å². The Balaban J connectivity index is 1.67. The largest absolute Gasteiger partial charge is 0.454 e. The van der Waals surface area contributed by atoms with Crippen LogP contribution in [0.25, 0.3) is 33.3 Å². The van der Waals surface area contributed by atoms with Gasteiger partial charge in [-0.2, -0.15) is 0 Å². The highest BCUT2D eigenvalue weighted by molar-refractivity contribution is 5.96. The van der Waals surface area contributed by atoms with E-state index >= 15 is 0 Å². The Morgan fingerprint density at radius 2 is 1.73 bits per heavy atom. The van der Waals surface area contributed by atoms with Crippen LogP contribution in [0.3, 0.4) is 0 Å². The van der Waals surface area contributed by atoms with E-state index in [2.05, 4.69) is 22.9 Å². The number of benzene rings is 1. The predicted molar refractivity (Wildman–Crippen MR) is 116 cm³/mol. The number of aryl methyl sites for hydroxylation is 3. The van der Waals surface area contributed by atoms with Gasteiger partial charge in [0.1, 0.15) is 11.3 Å². The zero-order chi connectivity index (χ0) is 20.8. The highest BCUT2D eigenvalue weighted by Gasteiger charge is 2.19. The van der Waals surface area contributed by atoms with Crippen LogP contribution in [0.1, 0.15) is 22.4 Å². The van der Waals surface area contributed by atoms with Gasteiger partial charge in [0.15, 0.2) is 5.58 Å². The van der Waals surface area contributed by atoms with E-state index in [9.17, 15) is 4.79 Å². The first-order valence-corrected chi connectivity index (χ1v) is 10.2. The van der Waals surface area contributed by atoms with Crippen molar-refractivity contribution >= 4 is 21.9 Å². The van der Waals surface area contributed by atoms with Crippen molar-refractivity contribution in [2.24, 2.45) is 0 Å². The van der Waals surface area contributed by atoms with Crippen LogP contribution in [0.4, 0.5) is 0 Å². The lowest BCUT2D eigenvalue weighted by Crippen LogP contribution is -2.35. The maximum atomic E-state index is 12.2. The molecule has 5 rings (SSSR count). The Labute approximate surface area is 174 Å². The molecule has 0 N–H and O–H groups in total. The molecule has 4 aromatic rings. The van der Waals surface area contributed by atoms with Gasteiger partial charge in [-0.25, -0.2) is 4.79 Å². The van der Waals surface area contributed by atoms with Crippen LogP contribution in [0.2, 0.25) is 0 Å². The number of aromatic nitrogens is 1. The average Bonchev–Trinajstić information content (AvgIpc) is 3.18. The third-order valence-corrected chi connectivity index (χ3v) is 5.94. The summed E-state index contributed by atoms with van der Waals surface area (Å²) in [7, 11) is 0. The fourth-order valence-electron chi connectivity index (χ4n) is 4.08. The molecule has 0 saturated carbocycles. The van der Waals surface area contributed by atoms with Crippen molar-refractivity contribution < 1.29 is 13.6 Å². The molecule has 0 amide bonds. The number of morpholine rings is 1. The zero-order valence-electron chi connectivity index (χ0n) is 17.4. The molecular weight excluding hydrogens is 380 g/mol. The second-order valence-corrected chi connectivity index (χ2v) is 8.02. The van der Waals surface area contributed by atoms with Crippen LogP contribution in [0, 0.1) is 20.8 Å². The molecule has 1 aliphatic rings. The van der Waals surface area contributed by atoms with E-state index in [1.165, 1.54) is 6.07 Å². The molecule has 1 saturated heterocycles. The van der Waals surface area contributed by atoms with Crippen molar-refractivity contribution in [1.82, 2.24) is 9.88 Å². The monoisotopic (exact) mass is 404 g/mol. The molecule has 4 heterocycles. The van der Waals surface area contributed by atoms with E-state index in [0.29, 0.717) is 11.3 Å². The fraction of sp³-hybridized carbons (Fsp3) is 0.333. The summed E-state index contributed by atoms with van der Waals surface area (Å²) >= 11 is 0. The van der Waals surface area contributed by atoms with Gasteiger partial charge in [-0.1, -0.05) is 0 Å². The van der Waals surface area contributed by atoms with Crippen LogP contribution in [-0.4, -0.2) is 36.2 Å². The minimum Gasteiger partial charge on any atom is -0.454 e. The van der Waals surface area contributed by atoms with Gasteiger partial charge in [0.2, 0.25) is 0 Å². The van der Waals surface area contributed by atoms with Gasteiger partial charge in [-0.15, -0.1) is 0 Å². The normalized spacial score (nSPS) is 15.3. The summed E-state index contributed by atoms with van der Waals surface area (Å²) in [5.41, 5.74) is 5.88. The number of pyridine rings is 1. The quantitative estimate of drug-likeness (QED) is 0.473. The maximum absolute atomic E-state index is 12.2. The van der Waals surface area contributed by atoms with Gasteiger partial charge in [0.25, 0.3) is 0 Å². The number of rotatable bonds is 3. The number of fused-ring (bicyclic) bond motifs is 2. The molecule has 0 radical (unpaired) electrons. The van der Waals surface area contributed by atoms with Crippen LogP contribution in [0.15, 0.2) is 44.1 Å². The molecule has 0 atom stereocenters. The zero-order valence-corrected chi connectivity index (χ0v) is 17.4. The lowest BCUT2D eigenvalue weighted by Gasteiger charge is -2.26. The van der Waals surface area contributed by atoms with Crippen molar-refractivity contribution in [2.75, 3.05) is 26.3 Å². The van der Waals surface area contributed by atoms with Gasteiger partial charge >= 0.3 is 5.63 Å². The Hall–Kier alpha value is -2.96. The molecule has 3 aromatic heterocycles. The van der Waals surface area contributed by atoms with Crippen molar-refractivity contribution in [1.29, 1.82) is 0 Å². The number of nitrogens with zero attached hydrogens (tertiary/aromatic N) is 2. The van der Waals surface area contributed by atoms with Crippen LogP contribution < -0.4 is 5.63 Å². The predicted octanol–water partition coefficient (Wildman–Crippen LogP) is 4.36. The maximum Gasteiger partial charge on any atom is 0.336 e. The third kappa shape index (κ3) is 3.32. The number of ether oxygens (including phenoxy) is 1. The van der Waals surface area contributed by atoms with E-state index in [0.717, 1.165) is 77.2 Å². The fourth-order valence-corrected chi connectivity index (χ4v) is 4.08. The van der Waals surface area contributed by atoms with Crippen molar-refractivity contribution in [3.63, 3.8) is 0 Å². The molecule has 0 spiro atoms. The molecule has 1 fully saturated rings. The Bertz CT molecular complexity index is 1310. The summed E-state index contributed by atoms with van der Waals surface area (Å²) in [6.45, 7) is 10.1. The molecule has 1 aromatic carbocycles. The summed E-state index contributed by atoms with van der Waals surface area (Å²) in [5, 5.41) is 1.91. The molecule has 154 valence electrons. The summed E-state index contributed by atoms with van der Waals surface area (Å²) in [5.74, 6) is 0.658. The van der Waals surface area contributed by atoms with E-state index in [1.54, 1.807) is 0 Å². The lowest BCUT2D eigenvalue weighted by atomic mass is 10.0. The minimum absolute atomic E-state index is 0.385. The molecule has 6 heteroatoms. The topological polar surface area (TPSA) is 68.7 Å². The van der Waals surface area contributed by atoms with Gasteiger partial charge < -0.3 is 13.6 Å². The second-order valence-electron chi connectivity index (χ2n) is 8.02. The molecule has 0 aliphatic carbocycles. The van der Waals surface area contributed by atoms with E-state index < -0.39 is 0 Å². The van der Waals surface area contributed by atoms with Crippen LogP contribution in [0.5, 0.6) is 0 Å². The Morgan fingerprint density at radius 3 is 2.53 bits per heavy atom. The van der Waals surface area contributed by atoms with Gasteiger partial charge in [-0.3, -0.25) is 9.88 Å². The third-order valence-electron chi connectivity index (χ3n) is 5.94. The highest BCUT2D eigenvalue weighted by atomic mass is 16.5. The molecule has 1 aliphatic heterocycles. The standard InChI is InChI=1S/C24H24N2O4/c1-14-8-19-20(11-23(27)29-21(19)9-15(14)2)22-10-18-17(12-25-16(3)24(18)30-22)13-26-4-6-28-7-5-26/h8-12H,4-7,13H2,1-3H3. The molecule has 0 unspecified atom stereocenters. The second kappa shape index (κ2) is 7.38. The van der Waals surface area contributed by atoms with Gasteiger partial charge in [-0.05, 0) is 55.7 Å². The number of hydrogen-bond donors (Lipinski definition) is 0. The van der Waals surface area contributed by atoms with E-state index in [4.69, 9.17) is 13.6 Å². The summed E-state index contributed by atoms with van der Waals surface area (Å²) in [4.78, 5) is 19.2. The van der Waals surface area contributed by atoms with E-state index in [-0.39, 0.29) is 5.63 Å². The van der Waals surface area contributed by atoms with Gasteiger partial charge in [0, 0.05) is 48.2 Å². The first-order chi connectivity index (χ1) is 14.5. The SMILES string of the molecule is Cc1cc2oc(=O)cc(-c3cc4c(CN5CCOCC5)cnc(C)c4o3)c2cc1C. The Morgan fingerprint density at radius 1 is 0.967 bits per heavy atom. The van der Waals surface area contributed by atoms with Crippen molar-refractivity contribution in [3.05, 3.63) is 63.3 Å². The highest BCUT2D eigenvalue weighted by Crippen LogP contribution is 2.35. The van der Waals surface area contributed by atoms with Crippen LogP contribution in [-0.2, 0) is 11.3 Å². The minimum atomic E-state index is -0.385. The van der Waals surface area contributed by atoms with Gasteiger partial charge in [0.05, 0.1) is 18.9 Å². The number of furan rings is 1. The molecule has 6 nitrogen and oxygen atoms in total. The smallest absolute Gasteiger partial charge is 0.336 e. The van der Waals surface area contributed by atoms with Crippen molar-refractivity contribution in [2.45, 2.75) is 27.3 Å². The lowest BCUT2D eigenvalue weighted by molar-refractivity contribution is 0.0343. The molecular formula is C24H24N2O4. The number of hydrogen-bond acceptors (Lipinski definition) is 6. The molecule has 30 heavy (non-hydrogen) atoms. The summed E-state index contributed by atoms with van der Waals surface area (Å²) < 4.78 is 17.2. The average molecular weight is 404 g/mol. The Kier molecular flexibility index (Phi) is 4.68. The first-order valence-electron chi connectivity index (χ1n) is 10.2. The molecule has 0 bridgehead atoms. The summed E-state index contributed by atoms with van der Waals surface area (Å²) in [6.07, 6.45) is 1.93. The first kappa shape index (κ1) is 19.0. The van der Waals surface area contributed by atoms with E-state index in [1.807, 2.05) is 32.2 Å².